The molecule has 0 saturated carbocycles. The van der Waals surface area contributed by atoms with E-state index in [9.17, 15) is 0 Å². The maximum atomic E-state index is 5.23. The number of nitrogens with zero attached hydrogens (tertiary/aromatic N) is 1. The number of allylic oxidation sites excluding steroid dienone is 1. The van der Waals surface area contributed by atoms with Crippen LogP contribution in [-0.4, -0.2) is 5.71 Å². The molecule has 0 atom stereocenters. The summed E-state index contributed by atoms with van der Waals surface area (Å²) in [5, 5.41) is 0. The second kappa shape index (κ2) is 9.40. The molecule has 0 fully saturated rings. The predicted octanol–water partition coefficient (Wildman–Crippen LogP) is 7.62. The summed E-state index contributed by atoms with van der Waals surface area (Å²) >= 11 is 0. The van der Waals surface area contributed by atoms with Crippen molar-refractivity contribution in [1.29, 1.82) is 0 Å². The van der Waals surface area contributed by atoms with Crippen LogP contribution in [-0.2, 0) is 0 Å². The van der Waals surface area contributed by atoms with Crippen molar-refractivity contribution in [3.63, 3.8) is 0 Å². The van der Waals surface area contributed by atoms with Crippen molar-refractivity contribution < 1.29 is 0 Å². The highest BCUT2D eigenvalue weighted by Crippen LogP contribution is 2.28. The Morgan fingerprint density at radius 2 is 0.871 bits per heavy atom. The summed E-state index contributed by atoms with van der Waals surface area (Å²) in [6.45, 7) is 6.33. The van der Waals surface area contributed by atoms with Gasteiger partial charge in [-0.1, -0.05) is 120 Å². The molecule has 0 spiro atoms. The SMILES string of the molecule is CC(N=C(c1ccc(C)cc1)c1ccc(C)cc1)=C(c1ccccc1)c1ccccc1. The highest BCUT2D eigenvalue weighted by Gasteiger charge is 2.12. The number of rotatable bonds is 5. The van der Waals surface area contributed by atoms with E-state index in [1.165, 1.54) is 22.3 Å². The van der Waals surface area contributed by atoms with Gasteiger partial charge in [0.1, 0.15) is 0 Å². The third kappa shape index (κ3) is 4.90. The molecule has 0 unspecified atom stereocenters. The Hall–Kier alpha value is -3.71. The van der Waals surface area contributed by atoms with Gasteiger partial charge < -0.3 is 0 Å². The van der Waals surface area contributed by atoms with Crippen LogP contribution in [0.4, 0.5) is 0 Å². The molecule has 0 heterocycles. The molecular formula is C30H27N. The van der Waals surface area contributed by atoms with Gasteiger partial charge in [0.25, 0.3) is 0 Å². The van der Waals surface area contributed by atoms with Crippen LogP contribution in [0.25, 0.3) is 5.57 Å². The van der Waals surface area contributed by atoms with Crippen LogP contribution < -0.4 is 0 Å². The Kier molecular flexibility index (Phi) is 6.24. The normalized spacial score (nSPS) is 10.4. The molecule has 0 aromatic heterocycles. The van der Waals surface area contributed by atoms with Crippen molar-refractivity contribution in [3.8, 4) is 0 Å². The largest absolute Gasteiger partial charge is 0.252 e. The van der Waals surface area contributed by atoms with E-state index in [-0.39, 0.29) is 0 Å². The van der Waals surface area contributed by atoms with Gasteiger partial charge in [0.15, 0.2) is 0 Å². The Morgan fingerprint density at radius 1 is 0.484 bits per heavy atom. The summed E-state index contributed by atoms with van der Waals surface area (Å²) in [4.78, 5) is 5.23. The Labute approximate surface area is 185 Å². The van der Waals surface area contributed by atoms with Crippen LogP contribution in [0, 0.1) is 13.8 Å². The molecule has 1 nitrogen and oxygen atoms in total. The molecule has 0 aliphatic rings. The van der Waals surface area contributed by atoms with Gasteiger partial charge >= 0.3 is 0 Å². The lowest BCUT2D eigenvalue weighted by Gasteiger charge is -2.14. The minimum Gasteiger partial charge on any atom is -0.252 e. The van der Waals surface area contributed by atoms with E-state index in [0.29, 0.717) is 0 Å². The lowest BCUT2D eigenvalue weighted by molar-refractivity contribution is 1.29. The lowest BCUT2D eigenvalue weighted by atomic mass is 9.95. The van der Waals surface area contributed by atoms with Crippen molar-refractivity contribution in [1.82, 2.24) is 0 Å². The van der Waals surface area contributed by atoms with E-state index in [4.69, 9.17) is 4.99 Å². The maximum Gasteiger partial charge on any atom is 0.0777 e. The number of hydrogen-bond donors (Lipinski definition) is 0. The fraction of sp³-hybridized carbons (Fsp3) is 0.100. The van der Waals surface area contributed by atoms with E-state index < -0.39 is 0 Å². The fourth-order valence-corrected chi connectivity index (χ4v) is 3.74. The van der Waals surface area contributed by atoms with E-state index in [0.717, 1.165) is 28.1 Å². The minimum absolute atomic E-state index is 0.988. The molecule has 31 heavy (non-hydrogen) atoms. The summed E-state index contributed by atoms with van der Waals surface area (Å²) in [6.07, 6.45) is 0. The van der Waals surface area contributed by atoms with Crippen LogP contribution in [0.1, 0.15) is 40.3 Å². The molecule has 0 N–H and O–H groups in total. The molecule has 0 aliphatic heterocycles. The quantitative estimate of drug-likeness (QED) is 0.305. The molecule has 4 rings (SSSR count). The summed E-state index contributed by atoms with van der Waals surface area (Å²) in [7, 11) is 0. The summed E-state index contributed by atoms with van der Waals surface area (Å²) in [6, 6.07) is 38.2. The molecule has 0 bridgehead atoms. The van der Waals surface area contributed by atoms with E-state index in [2.05, 4.69) is 130 Å². The number of hydrogen-bond acceptors (Lipinski definition) is 1. The standard InChI is InChI=1S/C30H27N/c1-22-14-18-27(19-15-22)30(28-20-16-23(2)17-21-28)31-24(3)29(25-10-6-4-7-11-25)26-12-8-5-9-13-26/h4-21H,1-3H3. The molecular weight excluding hydrogens is 374 g/mol. The molecule has 0 radical (unpaired) electrons. The van der Waals surface area contributed by atoms with Crippen molar-refractivity contribution in [2.75, 3.05) is 0 Å². The van der Waals surface area contributed by atoms with Crippen molar-refractivity contribution in [2.24, 2.45) is 4.99 Å². The zero-order valence-corrected chi connectivity index (χ0v) is 18.3. The van der Waals surface area contributed by atoms with Gasteiger partial charge in [-0.25, -0.2) is 0 Å². The summed E-state index contributed by atoms with van der Waals surface area (Å²) in [5.74, 6) is 0. The number of aliphatic imine (C=N–C) groups is 1. The minimum atomic E-state index is 0.988. The van der Waals surface area contributed by atoms with Gasteiger partial charge in [-0.15, -0.1) is 0 Å². The smallest absolute Gasteiger partial charge is 0.0777 e. The first kappa shape index (κ1) is 20.6. The Balaban J connectivity index is 1.94. The Bertz CT molecular complexity index is 1110. The maximum absolute atomic E-state index is 5.23. The number of aryl methyl sites for hydroxylation is 2. The number of benzene rings is 4. The first-order valence-electron chi connectivity index (χ1n) is 10.7. The first-order chi connectivity index (χ1) is 15.1. The van der Waals surface area contributed by atoms with Gasteiger partial charge in [0.2, 0.25) is 0 Å². The molecule has 4 aromatic carbocycles. The van der Waals surface area contributed by atoms with Gasteiger partial charge in [-0.2, -0.15) is 0 Å². The molecule has 152 valence electrons. The fourth-order valence-electron chi connectivity index (χ4n) is 3.74. The van der Waals surface area contributed by atoms with Crippen molar-refractivity contribution in [2.45, 2.75) is 20.8 Å². The Morgan fingerprint density at radius 3 is 1.26 bits per heavy atom. The molecule has 0 aliphatic carbocycles. The van der Waals surface area contributed by atoms with Crippen LogP contribution in [0.2, 0.25) is 0 Å². The second-order valence-electron chi connectivity index (χ2n) is 7.88. The van der Waals surface area contributed by atoms with Gasteiger partial charge in [0, 0.05) is 22.4 Å². The molecule has 0 saturated heterocycles. The third-order valence-electron chi connectivity index (χ3n) is 5.42. The predicted molar refractivity (Wildman–Crippen MR) is 133 cm³/mol. The average Bonchev–Trinajstić information content (AvgIpc) is 2.80. The van der Waals surface area contributed by atoms with Crippen LogP contribution in [0.3, 0.4) is 0 Å². The van der Waals surface area contributed by atoms with Gasteiger partial charge in [-0.3, -0.25) is 4.99 Å². The average molecular weight is 402 g/mol. The van der Waals surface area contributed by atoms with Gasteiger partial charge in [-0.05, 0) is 31.9 Å². The zero-order valence-electron chi connectivity index (χ0n) is 18.3. The first-order valence-corrected chi connectivity index (χ1v) is 10.7. The van der Waals surface area contributed by atoms with E-state index in [1.807, 2.05) is 0 Å². The second-order valence-corrected chi connectivity index (χ2v) is 7.88. The van der Waals surface area contributed by atoms with Gasteiger partial charge in [0.05, 0.1) is 5.71 Å². The summed E-state index contributed by atoms with van der Waals surface area (Å²) < 4.78 is 0. The van der Waals surface area contributed by atoms with Crippen LogP contribution in [0.15, 0.2) is 120 Å². The molecule has 0 amide bonds. The van der Waals surface area contributed by atoms with Crippen molar-refractivity contribution in [3.05, 3.63) is 148 Å². The van der Waals surface area contributed by atoms with Crippen LogP contribution >= 0.6 is 0 Å². The lowest BCUT2D eigenvalue weighted by Crippen LogP contribution is -2.05. The van der Waals surface area contributed by atoms with E-state index >= 15 is 0 Å². The topological polar surface area (TPSA) is 12.4 Å². The highest BCUT2D eigenvalue weighted by atomic mass is 14.8. The van der Waals surface area contributed by atoms with E-state index in [1.54, 1.807) is 0 Å². The van der Waals surface area contributed by atoms with Crippen molar-refractivity contribution >= 4 is 11.3 Å². The molecule has 4 aromatic rings. The van der Waals surface area contributed by atoms with Crippen LogP contribution in [0.5, 0.6) is 0 Å². The third-order valence-corrected chi connectivity index (χ3v) is 5.42. The molecule has 1 heteroatoms. The monoisotopic (exact) mass is 401 g/mol. The zero-order chi connectivity index (χ0) is 21.6. The summed E-state index contributed by atoms with van der Waals surface area (Å²) in [5.41, 5.74) is 10.2. The highest BCUT2D eigenvalue weighted by molar-refractivity contribution is 6.13.